The molecule has 0 radical (unpaired) electrons. The molecule has 12 heteroatoms. The van der Waals surface area contributed by atoms with E-state index in [1.807, 2.05) is 13.8 Å². The predicted octanol–water partition coefficient (Wildman–Crippen LogP) is 3.20. The van der Waals surface area contributed by atoms with Crippen molar-refractivity contribution >= 4 is 44.8 Å². The van der Waals surface area contributed by atoms with Gasteiger partial charge in [-0.1, -0.05) is 43.6 Å². The van der Waals surface area contributed by atoms with Crippen LogP contribution in [0, 0.1) is 16.0 Å². The van der Waals surface area contributed by atoms with Gasteiger partial charge in [-0.25, -0.2) is 8.42 Å². The second-order valence-electron chi connectivity index (χ2n) is 8.51. The molecule has 0 spiro atoms. The van der Waals surface area contributed by atoms with Crippen LogP contribution in [-0.2, 0) is 26.2 Å². The lowest BCUT2D eigenvalue weighted by Gasteiger charge is -2.31. The molecule has 0 aliphatic heterocycles. The standard InChI is InChI=1S/C23H29ClN4O6S/c1-16(2)13-25-23(30)17(3)26(14-18-7-5-8-19(24)11-18)22(29)15-27(35(4,33)34)20-9-6-10-21(12-20)28(31)32/h5-12,16-17H,13-15H2,1-4H3,(H,25,30)/t17-/m1/s1. The van der Waals surface area contributed by atoms with Crippen LogP contribution in [0.4, 0.5) is 11.4 Å². The minimum Gasteiger partial charge on any atom is -0.354 e. The van der Waals surface area contributed by atoms with E-state index in [9.17, 15) is 28.1 Å². The van der Waals surface area contributed by atoms with Gasteiger partial charge in [0.25, 0.3) is 5.69 Å². The summed E-state index contributed by atoms with van der Waals surface area (Å²) in [5.41, 5.74) is 0.297. The second kappa shape index (κ2) is 12.0. The van der Waals surface area contributed by atoms with Crippen molar-refractivity contribution in [1.82, 2.24) is 10.2 Å². The Bertz CT molecular complexity index is 1190. The van der Waals surface area contributed by atoms with Gasteiger partial charge in [0, 0.05) is 30.2 Å². The number of carbonyl (C=O) groups excluding carboxylic acids is 2. The van der Waals surface area contributed by atoms with E-state index >= 15 is 0 Å². The van der Waals surface area contributed by atoms with Gasteiger partial charge in [0.15, 0.2) is 0 Å². The normalized spacial score (nSPS) is 12.2. The molecular formula is C23H29ClN4O6S. The van der Waals surface area contributed by atoms with E-state index in [4.69, 9.17) is 11.6 Å². The molecule has 0 unspecified atom stereocenters. The van der Waals surface area contributed by atoms with Gasteiger partial charge in [-0.15, -0.1) is 0 Å². The Hall–Kier alpha value is -3.18. The molecule has 2 amide bonds. The lowest BCUT2D eigenvalue weighted by Crippen LogP contribution is -2.51. The van der Waals surface area contributed by atoms with E-state index in [1.54, 1.807) is 31.2 Å². The molecule has 2 rings (SSSR count). The topological polar surface area (TPSA) is 130 Å². The fourth-order valence-electron chi connectivity index (χ4n) is 3.24. The molecule has 0 saturated heterocycles. The maximum atomic E-state index is 13.4. The van der Waals surface area contributed by atoms with Crippen molar-refractivity contribution < 1.29 is 22.9 Å². The minimum absolute atomic E-state index is 0.00218. The minimum atomic E-state index is -3.99. The van der Waals surface area contributed by atoms with Crippen LogP contribution in [0.1, 0.15) is 26.3 Å². The summed E-state index contributed by atoms with van der Waals surface area (Å²) in [5, 5.41) is 14.4. The number of non-ortho nitro benzene ring substituents is 1. The molecule has 0 heterocycles. The number of nitrogens with zero attached hydrogens (tertiary/aromatic N) is 3. The molecule has 1 atom stereocenters. The number of anilines is 1. The maximum absolute atomic E-state index is 13.4. The highest BCUT2D eigenvalue weighted by Crippen LogP contribution is 2.24. The van der Waals surface area contributed by atoms with Gasteiger partial charge >= 0.3 is 0 Å². The maximum Gasteiger partial charge on any atom is 0.271 e. The first kappa shape index (κ1) is 28.1. The summed E-state index contributed by atoms with van der Waals surface area (Å²) in [6.07, 6.45) is 0.902. The van der Waals surface area contributed by atoms with Crippen LogP contribution < -0.4 is 9.62 Å². The number of hydrogen-bond donors (Lipinski definition) is 1. The average molecular weight is 525 g/mol. The first-order chi connectivity index (χ1) is 16.3. The van der Waals surface area contributed by atoms with Gasteiger partial charge in [-0.3, -0.25) is 24.0 Å². The summed E-state index contributed by atoms with van der Waals surface area (Å²) < 4.78 is 25.9. The van der Waals surface area contributed by atoms with Crippen LogP contribution in [0.15, 0.2) is 48.5 Å². The Morgan fingerprint density at radius 2 is 1.77 bits per heavy atom. The van der Waals surface area contributed by atoms with Crippen LogP contribution in [-0.4, -0.2) is 55.4 Å². The summed E-state index contributed by atoms with van der Waals surface area (Å²) in [6.45, 7) is 5.18. The van der Waals surface area contributed by atoms with Crippen LogP contribution in [0.5, 0.6) is 0 Å². The fraction of sp³-hybridized carbons (Fsp3) is 0.391. The Balaban J connectivity index is 2.41. The third kappa shape index (κ3) is 8.22. The number of rotatable bonds is 11. The number of sulfonamides is 1. The SMILES string of the molecule is CC(C)CNC(=O)[C@@H](C)N(Cc1cccc(Cl)c1)C(=O)CN(c1cccc([N+](=O)[O-])c1)S(C)(=O)=O. The van der Waals surface area contributed by atoms with Crippen molar-refractivity contribution in [2.45, 2.75) is 33.4 Å². The summed E-state index contributed by atoms with van der Waals surface area (Å²) in [6, 6.07) is 10.8. The molecule has 0 aliphatic carbocycles. The number of carbonyl (C=O) groups is 2. The number of halogens is 1. The van der Waals surface area contributed by atoms with E-state index in [0.29, 0.717) is 17.1 Å². The van der Waals surface area contributed by atoms with Crippen molar-refractivity contribution in [3.63, 3.8) is 0 Å². The number of nitro benzene ring substituents is 1. The van der Waals surface area contributed by atoms with Gasteiger partial charge in [0.05, 0.1) is 16.9 Å². The lowest BCUT2D eigenvalue weighted by molar-refractivity contribution is -0.384. The highest BCUT2D eigenvalue weighted by atomic mass is 35.5. The third-order valence-corrected chi connectivity index (χ3v) is 6.48. The van der Waals surface area contributed by atoms with Crippen molar-refractivity contribution in [2.24, 2.45) is 5.92 Å². The predicted molar refractivity (Wildman–Crippen MR) is 135 cm³/mol. The fourth-order valence-corrected chi connectivity index (χ4v) is 4.30. The third-order valence-electron chi connectivity index (χ3n) is 5.10. The summed E-state index contributed by atoms with van der Waals surface area (Å²) in [7, 11) is -3.99. The molecule has 1 N–H and O–H groups in total. The number of benzene rings is 2. The van der Waals surface area contributed by atoms with E-state index < -0.39 is 39.3 Å². The summed E-state index contributed by atoms with van der Waals surface area (Å²) in [5.74, 6) is -0.859. The number of amides is 2. The molecule has 0 bridgehead atoms. The number of hydrogen-bond acceptors (Lipinski definition) is 6. The van der Waals surface area contributed by atoms with E-state index in [1.165, 1.54) is 23.1 Å². The van der Waals surface area contributed by atoms with Gasteiger partial charge in [-0.05, 0) is 36.6 Å². The Morgan fingerprint density at radius 3 is 2.34 bits per heavy atom. The van der Waals surface area contributed by atoms with E-state index in [2.05, 4.69) is 5.32 Å². The quantitative estimate of drug-likeness (QED) is 0.355. The molecule has 0 saturated carbocycles. The van der Waals surface area contributed by atoms with Crippen LogP contribution in [0.25, 0.3) is 0 Å². The smallest absolute Gasteiger partial charge is 0.271 e. The molecular weight excluding hydrogens is 496 g/mol. The molecule has 2 aromatic carbocycles. The Kier molecular flexibility index (Phi) is 9.61. The second-order valence-corrected chi connectivity index (χ2v) is 10.9. The zero-order valence-electron chi connectivity index (χ0n) is 20.0. The van der Waals surface area contributed by atoms with Gasteiger partial charge < -0.3 is 10.2 Å². The molecule has 190 valence electrons. The van der Waals surface area contributed by atoms with Crippen molar-refractivity contribution in [3.05, 3.63) is 69.2 Å². The Labute approximate surface area is 210 Å². The molecule has 10 nitrogen and oxygen atoms in total. The molecule has 35 heavy (non-hydrogen) atoms. The lowest BCUT2D eigenvalue weighted by atomic mass is 10.1. The highest BCUT2D eigenvalue weighted by molar-refractivity contribution is 7.92. The van der Waals surface area contributed by atoms with Gasteiger partial charge in [0.2, 0.25) is 21.8 Å². The van der Waals surface area contributed by atoms with Crippen LogP contribution >= 0.6 is 11.6 Å². The molecule has 2 aromatic rings. The monoisotopic (exact) mass is 524 g/mol. The molecule has 0 aliphatic rings. The average Bonchev–Trinajstić information content (AvgIpc) is 2.78. The Morgan fingerprint density at radius 1 is 1.11 bits per heavy atom. The zero-order valence-corrected chi connectivity index (χ0v) is 21.5. The first-order valence-corrected chi connectivity index (χ1v) is 13.1. The van der Waals surface area contributed by atoms with Crippen molar-refractivity contribution in [2.75, 3.05) is 23.7 Å². The summed E-state index contributed by atoms with van der Waals surface area (Å²) in [4.78, 5) is 38.0. The van der Waals surface area contributed by atoms with Gasteiger partial charge in [-0.2, -0.15) is 0 Å². The highest BCUT2D eigenvalue weighted by Gasteiger charge is 2.30. The zero-order chi connectivity index (χ0) is 26.3. The largest absolute Gasteiger partial charge is 0.354 e. The van der Waals surface area contributed by atoms with Crippen LogP contribution in [0.2, 0.25) is 5.02 Å². The number of nitro groups is 1. The number of nitrogens with one attached hydrogen (secondary N) is 1. The first-order valence-electron chi connectivity index (χ1n) is 10.8. The summed E-state index contributed by atoms with van der Waals surface area (Å²) >= 11 is 6.07. The van der Waals surface area contributed by atoms with Gasteiger partial charge in [0.1, 0.15) is 12.6 Å². The van der Waals surface area contributed by atoms with Crippen LogP contribution in [0.3, 0.4) is 0 Å². The van der Waals surface area contributed by atoms with E-state index in [0.717, 1.165) is 16.6 Å². The van der Waals surface area contributed by atoms with E-state index in [-0.39, 0.29) is 23.8 Å². The molecule has 0 aromatic heterocycles. The van der Waals surface area contributed by atoms with Crippen molar-refractivity contribution in [1.29, 1.82) is 0 Å². The van der Waals surface area contributed by atoms with Crippen molar-refractivity contribution in [3.8, 4) is 0 Å². The molecule has 0 fully saturated rings.